The second kappa shape index (κ2) is 6.20. The first kappa shape index (κ1) is 10.1. The van der Waals surface area contributed by atoms with Crippen molar-refractivity contribution >= 4 is 12.4 Å². The fraction of sp³-hybridized carbons (Fsp3) is 0.312. The van der Waals surface area contributed by atoms with Crippen molar-refractivity contribution in [3.05, 3.63) is 46.0 Å². The number of aldehydes is 1. The fourth-order valence-electron chi connectivity index (χ4n) is 1.81. The van der Waals surface area contributed by atoms with Gasteiger partial charge in [-0.2, -0.15) is 0 Å². The number of benzene rings is 1. The predicted octanol–water partition coefficient (Wildman–Crippen LogP) is 3.78. The van der Waals surface area contributed by atoms with Gasteiger partial charge in [0, 0.05) is 0 Å². The number of carbonyl (C=O) groups excluding carboxylic acids is 1. The summed E-state index contributed by atoms with van der Waals surface area (Å²) in [5.74, 6) is 0.377. The van der Waals surface area contributed by atoms with Gasteiger partial charge in [0.1, 0.15) is 12.0 Å². The predicted molar refractivity (Wildman–Crippen MR) is 76.1 cm³/mol. The third-order valence-electron chi connectivity index (χ3n) is 3.06. The lowest BCUT2D eigenvalue weighted by Gasteiger charge is -2.13. The molecule has 0 aromatic heterocycles. The fourth-order valence-corrected chi connectivity index (χ4v) is 1.81. The summed E-state index contributed by atoms with van der Waals surface area (Å²) < 4.78 is 26.6. The average molecular weight is 247 g/mol. The summed E-state index contributed by atoms with van der Waals surface area (Å²) in [4.78, 5) is 10.4. The van der Waals surface area contributed by atoms with Crippen LogP contribution in [0.2, 0.25) is 0 Å². The minimum atomic E-state index is -2.45. The Hall–Kier alpha value is -1.83. The summed E-state index contributed by atoms with van der Waals surface area (Å²) in [5.41, 5.74) is 4.54. The summed E-state index contributed by atoms with van der Waals surface area (Å²) in [6.07, 6.45) is 6.01. The van der Waals surface area contributed by atoms with Crippen molar-refractivity contribution in [1.82, 2.24) is 0 Å². The Labute approximate surface area is 113 Å². The zero-order valence-electron chi connectivity index (χ0n) is 14.2. The van der Waals surface area contributed by atoms with E-state index in [0.717, 1.165) is 34.1 Å². The van der Waals surface area contributed by atoms with Crippen molar-refractivity contribution in [1.29, 1.82) is 0 Å². The Morgan fingerprint density at radius 2 is 2.06 bits per heavy atom. The molecule has 0 unspecified atom stereocenters. The zero-order chi connectivity index (χ0) is 16.2. The summed E-state index contributed by atoms with van der Waals surface area (Å²) in [5, 5.41) is 0. The number of methoxy groups -OCH3 is 1. The van der Waals surface area contributed by atoms with Crippen molar-refractivity contribution in [2.24, 2.45) is 0 Å². The molecule has 0 saturated heterocycles. The molecule has 0 fully saturated rings. The van der Waals surface area contributed by atoms with Gasteiger partial charge < -0.3 is 4.74 Å². The second-order valence-electron chi connectivity index (χ2n) is 4.34. The molecule has 0 saturated carbocycles. The summed E-state index contributed by atoms with van der Waals surface area (Å²) in [6.45, 7) is 7.50. The van der Waals surface area contributed by atoms with Gasteiger partial charge in [0.05, 0.1) is 11.2 Å². The molecular formula is C16H20O2. The highest BCUT2D eigenvalue weighted by atomic mass is 16.5. The van der Waals surface area contributed by atoms with Crippen LogP contribution < -0.4 is 4.74 Å². The van der Waals surface area contributed by atoms with Crippen LogP contribution in [0.4, 0.5) is 0 Å². The van der Waals surface area contributed by atoms with Gasteiger partial charge >= 0.3 is 0 Å². The van der Waals surface area contributed by atoms with Crippen molar-refractivity contribution in [2.75, 3.05) is 7.04 Å². The number of aryl methyl sites for hydroxylation is 1. The van der Waals surface area contributed by atoms with Crippen LogP contribution in [0.3, 0.4) is 0 Å². The highest BCUT2D eigenvalue weighted by Crippen LogP contribution is 2.28. The van der Waals surface area contributed by atoms with Crippen molar-refractivity contribution in [3.8, 4) is 5.75 Å². The Kier molecular flexibility index (Phi) is 3.49. The third-order valence-corrected chi connectivity index (χ3v) is 3.06. The number of carbonyl (C=O) groups is 1. The van der Waals surface area contributed by atoms with E-state index in [1.165, 1.54) is 6.08 Å². The number of rotatable bonds is 4. The molecule has 0 radical (unpaired) electrons. The van der Waals surface area contributed by atoms with Gasteiger partial charge in [0.25, 0.3) is 0 Å². The summed E-state index contributed by atoms with van der Waals surface area (Å²) >= 11 is 0. The van der Waals surface area contributed by atoms with Gasteiger partial charge in [-0.1, -0.05) is 12.2 Å². The normalized spacial score (nSPS) is 15.1. The summed E-state index contributed by atoms with van der Waals surface area (Å²) in [7, 11) is -2.45. The molecule has 1 aromatic carbocycles. The second-order valence-corrected chi connectivity index (χ2v) is 4.34. The van der Waals surface area contributed by atoms with E-state index < -0.39 is 7.04 Å². The van der Waals surface area contributed by atoms with Crippen LogP contribution in [0.15, 0.2) is 23.8 Å². The molecular weight excluding hydrogens is 224 g/mol. The van der Waals surface area contributed by atoms with Crippen LogP contribution in [0, 0.1) is 20.8 Å². The molecule has 0 spiro atoms. The van der Waals surface area contributed by atoms with E-state index >= 15 is 0 Å². The number of hydrogen-bond donors (Lipinski definition) is 0. The largest absolute Gasteiger partial charge is 0.496 e. The molecule has 0 atom stereocenters. The molecule has 0 aliphatic carbocycles. The monoisotopic (exact) mass is 247 g/mol. The smallest absolute Gasteiger partial charge is 0.143 e. The molecule has 2 nitrogen and oxygen atoms in total. The Morgan fingerprint density at radius 1 is 1.33 bits per heavy atom. The van der Waals surface area contributed by atoms with Crippen LogP contribution in [0.1, 0.15) is 33.3 Å². The maximum atomic E-state index is 10.4. The molecule has 96 valence electrons. The third kappa shape index (κ3) is 3.10. The SMILES string of the molecule is [2H]C([2H])([2H])Oc1cc(C)c(/C=C/C(C)=C/C=O)c(C)c1C. The summed E-state index contributed by atoms with van der Waals surface area (Å²) in [6, 6.07) is 1.73. The number of ether oxygens (including phenoxy) is 1. The lowest BCUT2D eigenvalue weighted by atomic mass is 9.96. The Balaban J connectivity index is 3.23. The molecule has 0 bridgehead atoms. The molecule has 2 heteroatoms. The van der Waals surface area contributed by atoms with Crippen LogP contribution in [-0.2, 0) is 4.79 Å². The molecule has 0 heterocycles. The average Bonchev–Trinajstić information content (AvgIpc) is 2.34. The van der Waals surface area contributed by atoms with E-state index in [1.54, 1.807) is 6.07 Å². The number of hydrogen-bond acceptors (Lipinski definition) is 2. The topological polar surface area (TPSA) is 26.3 Å². The van der Waals surface area contributed by atoms with Gasteiger partial charge in [-0.15, -0.1) is 0 Å². The van der Waals surface area contributed by atoms with Gasteiger partial charge in [0.15, 0.2) is 0 Å². The highest BCUT2D eigenvalue weighted by molar-refractivity contribution is 5.69. The van der Waals surface area contributed by atoms with E-state index in [2.05, 4.69) is 0 Å². The minimum Gasteiger partial charge on any atom is -0.496 e. The lowest BCUT2D eigenvalue weighted by Crippen LogP contribution is -1.95. The van der Waals surface area contributed by atoms with E-state index in [0.29, 0.717) is 5.75 Å². The van der Waals surface area contributed by atoms with Gasteiger partial charge in [-0.25, -0.2) is 0 Å². The quantitative estimate of drug-likeness (QED) is 0.460. The Morgan fingerprint density at radius 3 is 2.67 bits per heavy atom. The first-order chi connectivity index (χ1) is 9.65. The maximum absolute atomic E-state index is 10.4. The van der Waals surface area contributed by atoms with Crippen molar-refractivity contribution in [3.63, 3.8) is 0 Å². The lowest BCUT2D eigenvalue weighted by molar-refractivity contribution is -0.104. The molecule has 0 N–H and O–H groups in total. The molecule has 1 rings (SSSR count). The van der Waals surface area contributed by atoms with Crippen LogP contribution in [-0.4, -0.2) is 13.3 Å². The highest BCUT2D eigenvalue weighted by Gasteiger charge is 2.08. The molecule has 1 aromatic rings. The molecule has 0 amide bonds. The first-order valence-electron chi connectivity index (χ1n) is 7.25. The van der Waals surface area contributed by atoms with E-state index in [-0.39, 0.29) is 0 Å². The van der Waals surface area contributed by atoms with E-state index in [1.807, 2.05) is 39.8 Å². The van der Waals surface area contributed by atoms with Gasteiger partial charge in [-0.3, -0.25) is 4.79 Å². The van der Waals surface area contributed by atoms with Crippen molar-refractivity contribution in [2.45, 2.75) is 27.7 Å². The van der Waals surface area contributed by atoms with Crippen LogP contribution in [0.5, 0.6) is 5.75 Å². The van der Waals surface area contributed by atoms with Crippen LogP contribution in [0.25, 0.3) is 6.08 Å². The molecule has 0 aliphatic rings. The van der Waals surface area contributed by atoms with Crippen LogP contribution >= 0.6 is 0 Å². The standard InChI is InChI=1S/C16H20O2/c1-11(8-9-17)6-7-15-12(2)10-16(18-5)14(4)13(15)3/h6-10H,1-5H3/b7-6+,11-8+/i5D3. The van der Waals surface area contributed by atoms with E-state index in [4.69, 9.17) is 8.85 Å². The maximum Gasteiger partial charge on any atom is 0.143 e. The van der Waals surface area contributed by atoms with Gasteiger partial charge in [0.2, 0.25) is 0 Å². The zero-order valence-corrected chi connectivity index (χ0v) is 11.2. The minimum absolute atomic E-state index is 0.377. The Bertz CT molecular complexity index is 597. The van der Waals surface area contributed by atoms with Gasteiger partial charge in [-0.05, 0) is 67.7 Å². The number of allylic oxidation sites excluding steroid dienone is 3. The first-order valence-corrected chi connectivity index (χ1v) is 5.75. The molecule has 18 heavy (non-hydrogen) atoms. The van der Waals surface area contributed by atoms with E-state index in [9.17, 15) is 4.79 Å². The van der Waals surface area contributed by atoms with Crippen molar-refractivity contribution < 1.29 is 13.6 Å². The molecule has 0 aliphatic heterocycles.